The SMILES string of the molecule is CC(C)(C)C12[B]C(CCCCC1)CCC2. The molecule has 0 amide bonds. The summed E-state index contributed by atoms with van der Waals surface area (Å²) in [6.07, 6.45) is 11.7. The average Bonchev–Trinajstić information content (AvgIpc) is 2.14. The van der Waals surface area contributed by atoms with E-state index in [1.165, 1.54) is 51.4 Å². The molecule has 2 saturated heterocycles. The van der Waals surface area contributed by atoms with Crippen LogP contribution in [-0.4, -0.2) is 7.28 Å². The molecule has 15 heavy (non-hydrogen) atoms. The topological polar surface area (TPSA) is 0 Å². The molecule has 2 aliphatic rings. The van der Waals surface area contributed by atoms with Gasteiger partial charge in [-0.3, -0.25) is 0 Å². The van der Waals surface area contributed by atoms with E-state index in [2.05, 4.69) is 28.1 Å². The lowest BCUT2D eigenvalue weighted by Crippen LogP contribution is -2.39. The highest BCUT2D eigenvalue weighted by molar-refractivity contribution is 6.42. The minimum absolute atomic E-state index is 0.475. The highest BCUT2D eigenvalue weighted by atomic mass is 14.4. The van der Waals surface area contributed by atoms with Crippen LogP contribution in [0.25, 0.3) is 0 Å². The van der Waals surface area contributed by atoms with Crippen molar-refractivity contribution in [1.29, 1.82) is 0 Å². The zero-order valence-corrected chi connectivity index (χ0v) is 10.8. The summed E-state index contributed by atoms with van der Waals surface area (Å²) in [6, 6.07) is 0. The van der Waals surface area contributed by atoms with Crippen LogP contribution < -0.4 is 0 Å². The Hall–Kier alpha value is 0.0649. The second kappa shape index (κ2) is 4.15. The Morgan fingerprint density at radius 1 is 0.933 bits per heavy atom. The molecule has 0 spiro atoms. The van der Waals surface area contributed by atoms with Crippen molar-refractivity contribution in [3.63, 3.8) is 0 Å². The highest BCUT2D eigenvalue weighted by Gasteiger charge is 2.45. The largest absolute Gasteiger partial charge is 0.122 e. The van der Waals surface area contributed by atoms with Crippen molar-refractivity contribution in [3.05, 3.63) is 0 Å². The third kappa shape index (κ3) is 2.26. The predicted octanol–water partition coefficient (Wildman–Crippen LogP) is 4.83. The van der Waals surface area contributed by atoms with Gasteiger partial charge in [0.05, 0.1) is 0 Å². The van der Waals surface area contributed by atoms with Gasteiger partial charge in [0.1, 0.15) is 7.28 Å². The Labute approximate surface area is 96.5 Å². The first-order valence-corrected chi connectivity index (χ1v) is 6.90. The smallest absolute Gasteiger partial charge is 0.0682 e. The van der Waals surface area contributed by atoms with Crippen LogP contribution in [0, 0.1) is 5.41 Å². The van der Waals surface area contributed by atoms with Gasteiger partial charge in [-0.25, -0.2) is 0 Å². The zero-order chi connectivity index (χ0) is 10.9. The molecule has 0 nitrogen and oxygen atoms in total. The van der Waals surface area contributed by atoms with E-state index in [0.29, 0.717) is 10.7 Å². The number of hydrogen-bond acceptors (Lipinski definition) is 0. The van der Waals surface area contributed by atoms with Gasteiger partial charge in [-0.1, -0.05) is 83.3 Å². The van der Waals surface area contributed by atoms with Gasteiger partial charge in [0.2, 0.25) is 0 Å². The van der Waals surface area contributed by atoms with Crippen molar-refractivity contribution in [2.75, 3.05) is 0 Å². The first-order valence-electron chi connectivity index (χ1n) is 6.90. The van der Waals surface area contributed by atoms with E-state index in [-0.39, 0.29) is 0 Å². The van der Waals surface area contributed by atoms with Crippen LogP contribution in [0.3, 0.4) is 0 Å². The van der Waals surface area contributed by atoms with E-state index < -0.39 is 0 Å². The average molecular weight is 205 g/mol. The van der Waals surface area contributed by atoms with Crippen LogP contribution in [0.4, 0.5) is 0 Å². The van der Waals surface area contributed by atoms with Crippen LogP contribution in [0.2, 0.25) is 11.1 Å². The van der Waals surface area contributed by atoms with Gasteiger partial charge in [-0.2, -0.15) is 0 Å². The molecule has 2 heterocycles. The van der Waals surface area contributed by atoms with Crippen molar-refractivity contribution in [3.8, 4) is 0 Å². The van der Waals surface area contributed by atoms with Crippen LogP contribution in [-0.2, 0) is 0 Å². The summed E-state index contributed by atoms with van der Waals surface area (Å²) in [5.74, 6) is 0.943. The molecule has 85 valence electrons. The predicted molar refractivity (Wildman–Crippen MR) is 68.6 cm³/mol. The number of rotatable bonds is 0. The lowest BCUT2D eigenvalue weighted by Gasteiger charge is -2.51. The summed E-state index contributed by atoms with van der Waals surface area (Å²) in [5, 5.41) is 0.566. The summed E-state index contributed by atoms with van der Waals surface area (Å²) in [7, 11) is 2.77. The lowest BCUT2D eigenvalue weighted by atomic mass is 9.32. The molecule has 2 rings (SSSR count). The standard InChI is InChI=1S/C14H26B/c1-13(2,3)14-10-6-4-5-8-12(15-14)9-7-11-14/h12H,4-11H2,1-3H3. The Morgan fingerprint density at radius 2 is 1.60 bits per heavy atom. The molecule has 2 atom stereocenters. The fourth-order valence-corrected chi connectivity index (χ4v) is 3.76. The summed E-state index contributed by atoms with van der Waals surface area (Å²) in [6.45, 7) is 7.36. The molecule has 0 aromatic heterocycles. The van der Waals surface area contributed by atoms with Gasteiger partial charge >= 0.3 is 0 Å². The van der Waals surface area contributed by atoms with Gasteiger partial charge in [0.25, 0.3) is 0 Å². The molecule has 2 aliphatic heterocycles. The number of fused-ring (bicyclic) bond motifs is 2. The van der Waals surface area contributed by atoms with E-state index >= 15 is 0 Å². The molecule has 0 saturated carbocycles. The van der Waals surface area contributed by atoms with Crippen molar-refractivity contribution >= 4 is 7.28 Å². The van der Waals surface area contributed by atoms with Gasteiger partial charge in [0, 0.05) is 0 Å². The molecule has 0 aromatic carbocycles. The maximum absolute atomic E-state index is 2.77. The fourth-order valence-electron chi connectivity index (χ4n) is 3.76. The van der Waals surface area contributed by atoms with Crippen LogP contribution >= 0.6 is 0 Å². The first-order chi connectivity index (χ1) is 7.04. The Kier molecular flexibility index (Phi) is 3.19. The van der Waals surface area contributed by atoms with Crippen molar-refractivity contribution in [2.24, 2.45) is 5.41 Å². The number of hydrogen-bond donors (Lipinski definition) is 0. The van der Waals surface area contributed by atoms with E-state index in [9.17, 15) is 0 Å². The second-order valence-corrected chi connectivity index (χ2v) is 6.82. The van der Waals surface area contributed by atoms with Crippen LogP contribution in [0.1, 0.15) is 72.1 Å². The maximum atomic E-state index is 2.77. The fraction of sp³-hybridized carbons (Fsp3) is 1.00. The second-order valence-electron chi connectivity index (χ2n) is 6.82. The molecule has 0 aromatic rings. The molecular weight excluding hydrogens is 179 g/mol. The maximum Gasteiger partial charge on any atom is 0.122 e. The lowest BCUT2D eigenvalue weighted by molar-refractivity contribution is 0.198. The molecular formula is C14H26B. The first kappa shape index (κ1) is 11.5. The van der Waals surface area contributed by atoms with Crippen LogP contribution in [0.5, 0.6) is 0 Å². The summed E-state index contributed by atoms with van der Waals surface area (Å²) >= 11 is 0. The van der Waals surface area contributed by atoms with Gasteiger partial charge < -0.3 is 0 Å². The quantitative estimate of drug-likeness (QED) is 0.497. The Morgan fingerprint density at radius 3 is 2.33 bits per heavy atom. The molecule has 0 aliphatic carbocycles. The Balaban J connectivity index is 2.18. The monoisotopic (exact) mass is 205 g/mol. The Bertz CT molecular complexity index is 216. The molecule has 1 radical (unpaired) electrons. The van der Waals surface area contributed by atoms with Crippen LogP contribution in [0.15, 0.2) is 0 Å². The van der Waals surface area contributed by atoms with Gasteiger partial charge in [0.15, 0.2) is 0 Å². The minimum Gasteiger partial charge on any atom is -0.0682 e. The summed E-state index contributed by atoms with van der Waals surface area (Å²) in [5.41, 5.74) is 0.475. The highest BCUT2D eigenvalue weighted by Crippen LogP contribution is 2.58. The van der Waals surface area contributed by atoms with Crippen molar-refractivity contribution in [1.82, 2.24) is 0 Å². The molecule has 1 heteroatoms. The molecule has 0 N–H and O–H groups in total. The van der Waals surface area contributed by atoms with Gasteiger partial charge in [-0.15, -0.1) is 0 Å². The third-order valence-electron chi connectivity index (χ3n) is 4.94. The van der Waals surface area contributed by atoms with E-state index in [4.69, 9.17) is 0 Å². The zero-order valence-electron chi connectivity index (χ0n) is 10.8. The van der Waals surface area contributed by atoms with Gasteiger partial charge in [-0.05, 0) is 5.41 Å². The van der Waals surface area contributed by atoms with E-state index in [1.807, 2.05) is 0 Å². The minimum atomic E-state index is 0.475. The van der Waals surface area contributed by atoms with E-state index in [0.717, 1.165) is 5.82 Å². The normalized spacial score (nSPS) is 37.7. The third-order valence-corrected chi connectivity index (χ3v) is 4.94. The van der Waals surface area contributed by atoms with Crippen molar-refractivity contribution < 1.29 is 0 Å². The van der Waals surface area contributed by atoms with Crippen molar-refractivity contribution in [2.45, 2.75) is 83.3 Å². The molecule has 2 unspecified atom stereocenters. The van der Waals surface area contributed by atoms with E-state index in [1.54, 1.807) is 0 Å². The molecule has 2 fully saturated rings. The summed E-state index contributed by atoms with van der Waals surface area (Å²) in [4.78, 5) is 0. The molecule has 2 bridgehead atoms. The summed E-state index contributed by atoms with van der Waals surface area (Å²) < 4.78 is 0.